The van der Waals surface area contributed by atoms with E-state index in [9.17, 15) is 0 Å². The van der Waals surface area contributed by atoms with Gasteiger partial charge in [0.05, 0.1) is 0 Å². The van der Waals surface area contributed by atoms with E-state index in [2.05, 4.69) is 0 Å². The van der Waals surface area contributed by atoms with Crippen molar-refractivity contribution in [2.24, 2.45) is 11.8 Å². The Bertz CT molecular complexity index is 128. The Morgan fingerprint density at radius 3 is 2.50 bits per heavy atom. The summed E-state index contributed by atoms with van der Waals surface area (Å²) in [7, 11) is 0. The van der Waals surface area contributed by atoms with Crippen LogP contribution in [0.4, 0.5) is 0 Å². The van der Waals surface area contributed by atoms with Crippen LogP contribution in [0.2, 0.25) is 0 Å². The Hall–Kier alpha value is -0.330. The Labute approximate surface area is 49.6 Å². The highest BCUT2D eigenvalue weighted by molar-refractivity contribution is 5.86. The summed E-state index contributed by atoms with van der Waals surface area (Å²) in [4.78, 5) is 0. The highest BCUT2D eigenvalue weighted by Gasteiger charge is 2.35. The lowest BCUT2D eigenvalue weighted by Gasteiger charge is -2.07. The molecule has 0 amide bonds. The van der Waals surface area contributed by atoms with Gasteiger partial charge in [-0.2, -0.15) is 0 Å². The second kappa shape index (κ2) is 1.34. The van der Waals surface area contributed by atoms with Crippen molar-refractivity contribution in [3.05, 3.63) is 0 Å². The van der Waals surface area contributed by atoms with Crippen molar-refractivity contribution >= 4 is 5.71 Å². The summed E-state index contributed by atoms with van der Waals surface area (Å²) in [5.41, 5.74) is 1.04. The molecule has 2 fully saturated rings. The Balaban J connectivity index is 2.22. The predicted molar refractivity (Wildman–Crippen MR) is 33.2 cm³/mol. The monoisotopic (exact) mass is 109 g/mol. The lowest BCUT2D eigenvalue weighted by Crippen LogP contribution is -2.06. The number of nitrogens with one attached hydrogen (secondary N) is 1. The Morgan fingerprint density at radius 1 is 1.38 bits per heavy atom. The molecule has 0 aromatic heterocycles. The molecule has 1 N–H and O–H groups in total. The fraction of sp³-hybridized carbons (Fsp3) is 0.857. The minimum absolute atomic E-state index is 0.722. The molecule has 0 spiro atoms. The second-order valence-electron chi connectivity index (χ2n) is 3.11. The number of fused-ring (bicyclic) bond motifs is 2. The summed E-state index contributed by atoms with van der Waals surface area (Å²) in [6.45, 7) is 0. The molecule has 0 aromatic rings. The lowest BCUT2D eigenvalue weighted by molar-refractivity contribution is 0.591. The first kappa shape index (κ1) is 4.54. The van der Waals surface area contributed by atoms with Gasteiger partial charge in [0.25, 0.3) is 0 Å². The molecule has 2 aliphatic rings. The molecular formula is C7H11N. The zero-order chi connectivity index (χ0) is 5.56. The van der Waals surface area contributed by atoms with Crippen molar-refractivity contribution in [2.75, 3.05) is 0 Å². The topological polar surface area (TPSA) is 23.9 Å². The maximum Gasteiger partial charge on any atom is 0.0123 e. The van der Waals surface area contributed by atoms with Crippen LogP contribution in [0.25, 0.3) is 0 Å². The van der Waals surface area contributed by atoms with Crippen LogP contribution >= 0.6 is 0 Å². The fourth-order valence-corrected chi connectivity index (χ4v) is 2.05. The van der Waals surface area contributed by atoms with Crippen molar-refractivity contribution in [1.82, 2.24) is 0 Å². The van der Waals surface area contributed by atoms with Gasteiger partial charge in [-0.25, -0.2) is 0 Å². The summed E-state index contributed by atoms with van der Waals surface area (Å²) >= 11 is 0. The third kappa shape index (κ3) is 0.445. The van der Waals surface area contributed by atoms with Crippen molar-refractivity contribution in [3.63, 3.8) is 0 Å². The molecule has 1 heteroatoms. The van der Waals surface area contributed by atoms with Gasteiger partial charge in [0.1, 0.15) is 0 Å². The first-order chi connectivity index (χ1) is 3.86. The Kier molecular flexibility index (Phi) is 0.758. The number of rotatable bonds is 0. The van der Waals surface area contributed by atoms with Gasteiger partial charge in [-0.15, -0.1) is 0 Å². The van der Waals surface area contributed by atoms with Crippen LogP contribution in [0.5, 0.6) is 0 Å². The van der Waals surface area contributed by atoms with E-state index >= 15 is 0 Å². The van der Waals surface area contributed by atoms with E-state index in [0.29, 0.717) is 0 Å². The first-order valence-corrected chi connectivity index (χ1v) is 3.43. The van der Waals surface area contributed by atoms with Crippen LogP contribution in [-0.4, -0.2) is 5.71 Å². The maximum atomic E-state index is 7.44. The van der Waals surface area contributed by atoms with Gasteiger partial charge in [0.15, 0.2) is 0 Å². The van der Waals surface area contributed by atoms with E-state index in [1.807, 2.05) is 0 Å². The largest absolute Gasteiger partial charge is 0.309 e. The highest BCUT2D eigenvalue weighted by Crippen LogP contribution is 2.41. The standard InChI is InChI=1S/C7H11N/c8-7-4-5-1-2-6(7)3-5/h5-6,8H,1-4H2. The average Bonchev–Trinajstić information content (AvgIpc) is 2.23. The van der Waals surface area contributed by atoms with E-state index in [0.717, 1.165) is 24.0 Å². The van der Waals surface area contributed by atoms with Crippen molar-refractivity contribution in [3.8, 4) is 0 Å². The highest BCUT2D eigenvalue weighted by atomic mass is 14.5. The van der Waals surface area contributed by atoms with Crippen LogP contribution in [0, 0.1) is 17.2 Å². The van der Waals surface area contributed by atoms with E-state index < -0.39 is 0 Å². The zero-order valence-electron chi connectivity index (χ0n) is 4.98. The molecule has 8 heavy (non-hydrogen) atoms. The van der Waals surface area contributed by atoms with Crippen molar-refractivity contribution < 1.29 is 0 Å². The molecule has 0 radical (unpaired) electrons. The van der Waals surface area contributed by atoms with Crippen LogP contribution < -0.4 is 0 Å². The number of hydrogen-bond donors (Lipinski definition) is 1. The summed E-state index contributed by atoms with van der Waals surface area (Å²) in [5.74, 6) is 1.65. The van der Waals surface area contributed by atoms with Crippen molar-refractivity contribution in [1.29, 1.82) is 5.41 Å². The minimum atomic E-state index is 0.722. The molecule has 0 aliphatic heterocycles. The van der Waals surface area contributed by atoms with Crippen molar-refractivity contribution in [2.45, 2.75) is 25.7 Å². The SMILES string of the molecule is N=C1CC2CCC1C2. The van der Waals surface area contributed by atoms with Crippen LogP contribution in [0.3, 0.4) is 0 Å². The van der Waals surface area contributed by atoms with Gasteiger partial charge in [-0.1, -0.05) is 0 Å². The van der Waals surface area contributed by atoms with Gasteiger partial charge >= 0.3 is 0 Å². The summed E-state index contributed by atoms with van der Waals surface area (Å²) in [6, 6.07) is 0. The molecule has 44 valence electrons. The third-order valence-electron chi connectivity index (χ3n) is 2.54. The minimum Gasteiger partial charge on any atom is -0.309 e. The van der Waals surface area contributed by atoms with Gasteiger partial charge < -0.3 is 5.41 Å². The van der Waals surface area contributed by atoms with E-state index in [1.165, 1.54) is 19.3 Å². The molecule has 0 heterocycles. The lowest BCUT2D eigenvalue weighted by atomic mass is 9.99. The number of hydrogen-bond acceptors (Lipinski definition) is 1. The summed E-state index contributed by atoms with van der Waals surface area (Å²) < 4.78 is 0. The molecule has 2 rings (SSSR count). The fourth-order valence-electron chi connectivity index (χ4n) is 2.05. The molecule has 1 nitrogen and oxygen atoms in total. The predicted octanol–water partition coefficient (Wildman–Crippen LogP) is 1.83. The maximum absolute atomic E-state index is 7.44. The van der Waals surface area contributed by atoms with Crippen LogP contribution in [0.1, 0.15) is 25.7 Å². The summed E-state index contributed by atoms with van der Waals surface area (Å²) in [5, 5.41) is 7.44. The summed E-state index contributed by atoms with van der Waals surface area (Å²) in [6.07, 6.45) is 5.21. The molecule has 2 bridgehead atoms. The van der Waals surface area contributed by atoms with Gasteiger partial charge in [0, 0.05) is 5.71 Å². The zero-order valence-corrected chi connectivity index (χ0v) is 4.98. The molecule has 2 atom stereocenters. The van der Waals surface area contributed by atoms with E-state index in [1.54, 1.807) is 0 Å². The third-order valence-corrected chi connectivity index (χ3v) is 2.54. The molecule has 0 aromatic carbocycles. The first-order valence-electron chi connectivity index (χ1n) is 3.43. The van der Waals surface area contributed by atoms with Gasteiger partial charge in [-0.05, 0) is 37.5 Å². The van der Waals surface area contributed by atoms with Crippen LogP contribution in [-0.2, 0) is 0 Å². The van der Waals surface area contributed by atoms with E-state index in [4.69, 9.17) is 5.41 Å². The quantitative estimate of drug-likeness (QED) is 0.490. The van der Waals surface area contributed by atoms with Gasteiger partial charge in [0.2, 0.25) is 0 Å². The molecule has 2 aliphatic carbocycles. The molecular weight excluding hydrogens is 98.1 g/mol. The normalized spacial score (nSPS) is 43.8. The molecule has 0 saturated heterocycles. The Morgan fingerprint density at radius 2 is 2.25 bits per heavy atom. The van der Waals surface area contributed by atoms with Gasteiger partial charge in [-0.3, -0.25) is 0 Å². The van der Waals surface area contributed by atoms with E-state index in [-0.39, 0.29) is 0 Å². The average molecular weight is 109 g/mol. The molecule has 2 unspecified atom stereocenters. The second-order valence-corrected chi connectivity index (χ2v) is 3.11. The van der Waals surface area contributed by atoms with Crippen LogP contribution in [0.15, 0.2) is 0 Å². The molecule has 2 saturated carbocycles. The smallest absolute Gasteiger partial charge is 0.0123 e.